The molecule has 1 aliphatic heterocycles. The molecule has 1 saturated heterocycles. The molecule has 0 saturated carbocycles. The van der Waals surface area contributed by atoms with E-state index >= 15 is 0 Å². The van der Waals surface area contributed by atoms with E-state index in [0.29, 0.717) is 6.10 Å². The van der Waals surface area contributed by atoms with Gasteiger partial charge in [0, 0.05) is 31.0 Å². The molecule has 1 unspecified atom stereocenters. The summed E-state index contributed by atoms with van der Waals surface area (Å²) < 4.78 is 5.52. The molecule has 4 nitrogen and oxygen atoms in total. The van der Waals surface area contributed by atoms with Gasteiger partial charge >= 0.3 is 0 Å². The Bertz CT molecular complexity index is 361. The van der Waals surface area contributed by atoms with E-state index in [-0.39, 0.29) is 0 Å². The highest BCUT2D eigenvalue weighted by atomic mass is 16.5. The van der Waals surface area contributed by atoms with Crippen LogP contribution in [0.1, 0.15) is 12.5 Å². The number of nitrogen functional groups attached to an aromatic ring is 2. The number of nitrogens with two attached hydrogens (primary N) is 2. The fraction of sp³-hybridized carbons (Fsp3) is 0.538. The van der Waals surface area contributed by atoms with Crippen molar-refractivity contribution >= 4 is 11.4 Å². The van der Waals surface area contributed by atoms with E-state index in [2.05, 4.69) is 11.8 Å². The topological polar surface area (TPSA) is 64.5 Å². The number of ether oxygens (including phenoxy) is 1. The summed E-state index contributed by atoms with van der Waals surface area (Å²) in [7, 11) is 0. The SMILES string of the molecule is CC1CN(CCc2c(N)cccc2N)CCO1. The Morgan fingerprint density at radius 3 is 2.71 bits per heavy atom. The molecule has 1 aromatic rings. The highest BCUT2D eigenvalue weighted by Crippen LogP contribution is 2.20. The van der Waals surface area contributed by atoms with Crippen molar-refractivity contribution in [1.82, 2.24) is 4.90 Å². The highest BCUT2D eigenvalue weighted by molar-refractivity contribution is 5.61. The molecule has 1 fully saturated rings. The first-order valence-corrected chi connectivity index (χ1v) is 6.13. The fourth-order valence-electron chi connectivity index (χ4n) is 2.28. The van der Waals surface area contributed by atoms with Crippen molar-refractivity contribution in [3.05, 3.63) is 23.8 Å². The van der Waals surface area contributed by atoms with E-state index in [9.17, 15) is 0 Å². The average Bonchev–Trinajstić information content (AvgIpc) is 2.28. The molecule has 17 heavy (non-hydrogen) atoms. The van der Waals surface area contributed by atoms with Gasteiger partial charge in [0.2, 0.25) is 0 Å². The monoisotopic (exact) mass is 235 g/mol. The molecule has 4 N–H and O–H groups in total. The van der Waals surface area contributed by atoms with E-state index in [1.54, 1.807) is 0 Å². The Kier molecular flexibility index (Phi) is 3.86. The molecule has 0 radical (unpaired) electrons. The molecule has 0 aromatic heterocycles. The Morgan fingerprint density at radius 2 is 2.06 bits per heavy atom. The van der Waals surface area contributed by atoms with Crippen LogP contribution in [0, 0.1) is 0 Å². The van der Waals surface area contributed by atoms with Gasteiger partial charge in [-0.25, -0.2) is 0 Å². The summed E-state index contributed by atoms with van der Waals surface area (Å²) in [6.07, 6.45) is 1.24. The predicted molar refractivity (Wildman–Crippen MR) is 70.8 cm³/mol. The Balaban J connectivity index is 1.93. The third-order valence-electron chi connectivity index (χ3n) is 3.25. The summed E-state index contributed by atoms with van der Waals surface area (Å²) in [6, 6.07) is 5.71. The van der Waals surface area contributed by atoms with Gasteiger partial charge in [0.25, 0.3) is 0 Å². The lowest BCUT2D eigenvalue weighted by Crippen LogP contribution is -2.42. The van der Waals surface area contributed by atoms with Gasteiger partial charge in [-0.2, -0.15) is 0 Å². The molecule has 4 heteroatoms. The highest BCUT2D eigenvalue weighted by Gasteiger charge is 2.16. The second kappa shape index (κ2) is 5.38. The standard InChI is InChI=1S/C13H21N3O/c1-10-9-16(7-8-17-10)6-5-11-12(14)3-2-4-13(11)15/h2-4,10H,5-9,14-15H2,1H3. The summed E-state index contributed by atoms with van der Waals surface area (Å²) in [5.74, 6) is 0. The molecule has 0 amide bonds. The summed E-state index contributed by atoms with van der Waals surface area (Å²) in [6.45, 7) is 5.91. The molecule has 1 heterocycles. The Morgan fingerprint density at radius 1 is 1.35 bits per heavy atom. The van der Waals surface area contributed by atoms with E-state index < -0.39 is 0 Å². The van der Waals surface area contributed by atoms with E-state index in [1.807, 2.05) is 18.2 Å². The number of hydrogen-bond acceptors (Lipinski definition) is 4. The quantitative estimate of drug-likeness (QED) is 0.770. The molecule has 94 valence electrons. The summed E-state index contributed by atoms with van der Waals surface area (Å²) >= 11 is 0. The number of morpholine rings is 1. The van der Waals surface area contributed by atoms with Gasteiger partial charge in [0.05, 0.1) is 12.7 Å². The van der Waals surface area contributed by atoms with E-state index in [0.717, 1.165) is 49.6 Å². The maximum Gasteiger partial charge on any atom is 0.0674 e. The van der Waals surface area contributed by atoms with Crippen molar-refractivity contribution in [2.45, 2.75) is 19.4 Å². The molecular weight excluding hydrogens is 214 g/mol. The summed E-state index contributed by atoms with van der Waals surface area (Å²) in [5, 5.41) is 0. The summed E-state index contributed by atoms with van der Waals surface area (Å²) in [5.41, 5.74) is 14.6. The first kappa shape index (κ1) is 12.2. The lowest BCUT2D eigenvalue weighted by molar-refractivity contribution is -0.0177. The van der Waals surface area contributed by atoms with Crippen LogP contribution in [0.15, 0.2) is 18.2 Å². The lowest BCUT2D eigenvalue weighted by Gasteiger charge is -2.31. The van der Waals surface area contributed by atoms with Crippen LogP contribution in [0.4, 0.5) is 11.4 Å². The van der Waals surface area contributed by atoms with Crippen molar-refractivity contribution in [3.63, 3.8) is 0 Å². The minimum absolute atomic E-state index is 0.328. The number of anilines is 2. The minimum Gasteiger partial charge on any atom is -0.398 e. The molecule has 0 spiro atoms. The van der Waals surface area contributed by atoms with Crippen LogP contribution in [0.2, 0.25) is 0 Å². The molecule has 1 aromatic carbocycles. The molecule has 1 atom stereocenters. The second-order valence-corrected chi connectivity index (χ2v) is 4.65. The van der Waals surface area contributed by atoms with Crippen LogP contribution in [0.25, 0.3) is 0 Å². The Hall–Kier alpha value is -1.26. The normalized spacial score (nSPS) is 21.6. The molecule has 0 bridgehead atoms. The lowest BCUT2D eigenvalue weighted by atomic mass is 10.1. The van der Waals surface area contributed by atoms with Crippen molar-refractivity contribution in [1.29, 1.82) is 0 Å². The van der Waals surface area contributed by atoms with Crippen molar-refractivity contribution in [2.75, 3.05) is 37.7 Å². The van der Waals surface area contributed by atoms with Crippen molar-refractivity contribution < 1.29 is 4.74 Å². The molecule has 2 rings (SSSR count). The third kappa shape index (κ3) is 3.11. The van der Waals surface area contributed by atoms with Gasteiger partial charge in [-0.15, -0.1) is 0 Å². The van der Waals surface area contributed by atoms with Crippen LogP contribution >= 0.6 is 0 Å². The van der Waals surface area contributed by atoms with Gasteiger partial charge in [-0.05, 0) is 31.0 Å². The van der Waals surface area contributed by atoms with Crippen LogP contribution in [-0.4, -0.2) is 37.2 Å². The van der Waals surface area contributed by atoms with Gasteiger partial charge < -0.3 is 16.2 Å². The van der Waals surface area contributed by atoms with Gasteiger partial charge in [0.1, 0.15) is 0 Å². The first-order chi connectivity index (χ1) is 8.16. The first-order valence-electron chi connectivity index (χ1n) is 6.13. The van der Waals surface area contributed by atoms with Crippen molar-refractivity contribution in [3.8, 4) is 0 Å². The zero-order valence-electron chi connectivity index (χ0n) is 10.4. The van der Waals surface area contributed by atoms with E-state index in [1.165, 1.54) is 0 Å². The molecule has 0 aliphatic carbocycles. The second-order valence-electron chi connectivity index (χ2n) is 4.65. The average molecular weight is 235 g/mol. The van der Waals surface area contributed by atoms with Crippen LogP contribution in [0.3, 0.4) is 0 Å². The third-order valence-corrected chi connectivity index (χ3v) is 3.25. The minimum atomic E-state index is 0.328. The van der Waals surface area contributed by atoms with E-state index in [4.69, 9.17) is 16.2 Å². The maximum absolute atomic E-state index is 5.94. The molecular formula is C13H21N3O. The van der Waals surface area contributed by atoms with Crippen molar-refractivity contribution in [2.24, 2.45) is 0 Å². The molecule has 1 aliphatic rings. The number of benzene rings is 1. The van der Waals surface area contributed by atoms with Gasteiger partial charge in [-0.1, -0.05) is 6.07 Å². The zero-order chi connectivity index (χ0) is 12.3. The summed E-state index contributed by atoms with van der Waals surface area (Å²) in [4.78, 5) is 2.40. The maximum atomic E-state index is 5.94. The largest absolute Gasteiger partial charge is 0.398 e. The fourth-order valence-corrected chi connectivity index (χ4v) is 2.28. The van der Waals surface area contributed by atoms with Crippen LogP contribution in [0.5, 0.6) is 0 Å². The van der Waals surface area contributed by atoms with Crippen LogP contribution in [-0.2, 0) is 11.2 Å². The zero-order valence-corrected chi connectivity index (χ0v) is 10.4. The predicted octanol–water partition coefficient (Wildman–Crippen LogP) is 1.11. The van der Waals surface area contributed by atoms with Gasteiger partial charge in [-0.3, -0.25) is 4.90 Å². The smallest absolute Gasteiger partial charge is 0.0674 e. The van der Waals surface area contributed by atoms with Crippen LogP contribution < -0.4 is 11.5 Å². The number of rotatable bonds is 3. The van der Waals surface area contributed by atoms with Gasteiger partial charge in [0.15, 0.2) is 0 Å². The Labute approximate surface area is 103 Å². The number of nitrogens with zero attached hydrogens (tertiary/aromatic N) is 1. The number of hydrogen-bond donors (Lipinski definition) is 2.